The van der Waals surface area contributed by atoms with Crippen LogP contribution in [0.25, 0.3) is 32.8 Å². The van der Waals surface area contributed by atoms with Gasteiger partial charge in [-0.15, -0.1) is 0 Å². The first-order valence-corrected chi connectivity index (χ1v) is 8.28. The predicted molar refractivity (Wildman–Crippen MR) is 99.1 cm³/mol. The Hall–Kier alpha value is -2.81. The van der Waals surface area contributed by atoms with E-state index in [9.17, 15) is 0 Å². The van der Waals surface area contributed by atoms with Crippen molar-refractivity contribution in [2.45, 2.75) is 27.2 Å². The highest BCUT2D eigenvalue weighted by molar-refractivity contribution is 6.00. The summed E-state index contributed by atoms with van der Waals surface area (Å²) in [6.45, 7) is 6.29. The summed E-state index contributed by atoms with van der Waals surface area (Å²) in [5.74, 6) is 0.887. The lowest BCUT2D eigenvalue weighted by Gasteiger charge is -2.12. The van der Waals surface area contributed by atoms with Crippen molar-refractivity contribution in [3.8, 4) is 11.1 Å². The number of fused-ring (bicyclic) bond motifs is 2. The van der Waals surface area contributed by atoms with Crippen LogP contribution >= 0.6 is 0 Å². The molecular formula is C21H19N3. The van der Waals surface area contributed by atoms with Crippen LogP contribution in [0.4, 0.5) is 0 Å². The highest BCUT2D eigenvalue weighted by Gasteiger charge is 2.10. The molecule has 3 nitrogen and oxygen atoms in total. The van der Waals surface area contributed by atoms with Crippen LogP contribution in [0.5, 0.6) is 0 Å². The Kier molecular flexibility index (Phi) is 3.49. The molecule has 0 N–H and O–H groups in total. The molecule has 0 radical (unpaired) electrons. The van der Waals surface area contributed by atoms with E-state index in [1.807, 2.05) is 12.4 Å². The third kappa shape index (κ3) is 2.33. The predicted octanol–water partition coefficient (Wildman–Crippen LogP) is 5.02. The quantitative estimate of drug-likeness (QED) is 0.521. The van der Waals surface area contributed by atoms with Gasteiger partial charge in [0.25, 0.3) is 0 Å². The summed E-state index contributed by atoms with van der Waals surface area (Å²) in [5, 5.41) is 3.52. The summed E-state index contributed by atoms with van der Waals surface area (Å²) in [4.78, 5) is 13.5. The minimum atomic E-state index is 0.854. The number of hydrogen-bond acceptors (Lipinski definition) is 3. The maximum Gasteiger partial charge on any atom is 0.128 e. The van der Waals surface area contributed by atoms with Crippen molar-refractivity contribution in [2.75, 3.05) is 0 Å². The van der Waals surface area contributed by atoms with Crippen molar-refractivity contribution >= 4 is 21.7 Å². The number of aryl methyl sites for hydroxylation is 3. The second-order valence-electron chi connectivity index (χ2n) is 6.16. The fourth-order valence-electron chi connectivity index (χ4n) is 3.29. The molecule has 0 unspecified atom stereocenters. The summed E-state index contributed by atoms with van der Waals surface area (Å²) < 4.78 is 0. The van der Waals surface area contributed by atoms with Gasteiger partial charge in [-0.1, -0.05) is 25.1 Å². The van der Waals surface area contributed by atoms with E-state index in [0.29, 0.717) is 0 Å². The highest BCUT2D eigenvalue weighted by atomic mass is 14.9. The molecule has 2 heterocycles. The molecule has 2 aromatic heterocycles. The summed E-state index contributed by atoms with van der Waals surface area (Å²) in [5.41, 5.74) is 5.79. The molecule has 0 bridgehead atoms. The molecule has 24 heavy (non-hydrogen) atoms. The van der Waals surface area contributed by atoms with E-state index in [4.69, 9.17) is 0 Å². The van der Waals surface area contributed by atoms with E-state index < -0.39 is 0 Å². The van der Waals surface area contributed by atoms with Crippen LogP contribution < -0.4 is 0 Å². The molecule has 0 aliphatic rings. The Morgan fingerprint density at radius 3 is 2.62 bits per heavy atom. The first kappa shape index (κ1) is 14.8. The van der Waals surface area contributed by atoms with Crippen molar-refractivity contribution < 1.29 is 0 Å². The van der Waals surface area contributed by atoms with Gasteiger partial charge < -0.3 is 0 Å². The minimum absolute atomic E-state index is 0.854. The number of rotatable bonds is 2. The summed E-state index contributed by atoms with van der Waals surface area (Å²) in [7, 11) is 0. The third-order valence-corrected chi connectivity index (χ3v) is 4.59. The standard InChI is InChI=1S/C21H19N3/c1-4-20-23-12-16-11-15(6-8-19(16)24-20)21-13(2)5-7-17-14(3)22-10-9-18(17)21/h5-12H,4H2,1-3H3. The smallest absolute Gasteiger partial charge is 0.128 e. The fourth-order valence-corrected chi connectivity index (χ4v) is 3.29. The number of pyridine rings is 1. The van der Waals surface area contributed by atoms with Crippen LogP contribution in [0.2, 0.25) is 0 Å². The van der Waals surface area contributed by atoms with Crippen molar-refractivity contribution in [3.05, 3.63) is 65.9 Å². The molecule has 2 aromatic carbocycles. The summed E-state index contributed by atoms with van der Waals surface area (Å²) in [6.07, 6.45) is 4.67. The maximum atomic E-state index is 4.61. The lowest BCUT2D eigenvalue weighted by atomic mass is 9.93. The van der Waals surface area contributed by atoms with Crippen molar-refractivity contribution in [3.63, 3.8) is 0 Å². The van der Waals surface area contributed by atoms with Crippen LogP contribution in [0.3, 0.4) is 0 Å². The zero-order valence-electron chi connectivity index (χ0n) is 14.2. The number of hydrogen-bond donors (Lipinski definition) is 0. The molecular weight excluding hydrogens is 294 g/mol. The third-order valence-electron chi connectivity index (χ3n) is 4.59. The summed E-state index contributed by atoms with van der Waals surface area (Å²) in [6, 6.07) is 12.9. The SMILES string of the molecule is CCc1ncc2cc(-c3c(C)ccc4c(C)nccc34)ccc2n1. The first-order valence-electron chi connectivity index (χ1n) is 8.28. The Morgan fingerprint density at radius 2 is 1.79 bits per heavy atom. The van der Waals surface area contributed by atoms with E-state index in [0.717, 1.165) is 28.8 Å². The zero-order chi connectivity index (χ0) is 16.7. The molecule has 0 saturated heterocycles. The Bertz CT molecular complexity index is 1070. The van der Waals surface area contributed by atoms with E-state index in [1.165, 1.54) is 27.5 Å². The second kappa shape index (κ2) is 5.68. The average molecular weight is 313 g/mol. The van der Waals surface area contributed by atoms with Crippen LogP contribution in [-0.4, -0.2) is 15.0 Å². The lowest BCUT2D eigenvalue weighted by Crippen LogP contribution is -1.94. The van der Waals surface area contributed by atoms with Gasteiger partial charge in [0.2, 0.25) is 0 Å². The van der Waals surface area contributed by atoms with Crippen molar-refractivity contribution in [1.29, 1.82) is 0 Å². The lowest BCUT2D eigenvalue weighted by molar-refractivity contribution is 0.961. The van der Waals surface area contributed by atoms with E-state index in [-0.39, 0.29) is 0 Å². The van der Waals surface area contributed by atoms with Crippen LogP contribution in [0.1, 0.15) is 24.0 Å². The van der Waals surface area contributed by atoms with Crippen molar-refractivity contribution in [2.24, 2.45) is 0 Å². The van der Waals surface area contributed by atoms with Gasteiger partial charge in [-0.25, -0.2) is 9.97 Å². The van der Waals surface area contributed by atoms with E-state index in [1.54, 1.807) is 0 Å². The fraction of sp³-hybridized carbons (Fsp3) is 0.190. The van der Waals surface area contributed by atoms with E-state index in [2.05, 4.69) is 72.1 Å². The molecule has 0 aliphatic carbocycles. The Balaban J connectivity index is 1.99. The molecule has 0 fully saturated rings. The van der Waals surface area contributed by atoms with Gasteiger partial charge in [-0.2, -0.15) is 0 Å². The molecule has 3 heteroatoms. The van der Waals surface area contributed by atoms with Gasteiger partial charge in [0, 0.05) is 35.3 Å². The maximum absolute atomic E-state index is 4.61. The summed E-state index contributed by atoms with van der Waals surface area (Å²) >= 11 is 0. The minimum Gasteiger partial charge on any atom is -0.261 e. The molecule has 0 spiro atoms. The Morgan fingerprint density at radius 1 is 0.917 bits per heavy atom. The molecule has 0 atom stereocenters. The number of nitrogens with zero attached hydrogens (tertiary/aromatic N) is 3. The molecule has 0 aliphatic heterocycles. The first-order chi connectivity index (χ1) is 11.7. The molecule has 118 valence electrons. The van der Waals surface area contributed by atoms with Crippen molar-refractivity contribution in [1.82, 2.24) is 15.0 Å². The largest absolute Gasteiger partial charge is 0.261 e. The van der Waals surface area contributed by atoms with E-state index >= 15 is 0 Å². The number of aromatic nitrogens is 3. The number of benzene rings is 2. The van der Waals surface area contributed by atoms with Gasteiger partial charge in [0.1, 0.15) is 5.82 Å². The van der Waals surface area contributed by atoms with Gasteiger partial charge in [0.15, 0.2) is 0 Å². The molecule has 0 saturated carbocycles. The normalized spacial score (nSPS) is 11.3. The second-order valence-corrected chi connectivity index (χ2v) is 6.16. The van der Waals surface area contributed by atoms with Crippen LogP contribution in [0, 0.1) is 13.8 Å². The molecule has 4 aromatic rings. The van der Waals surface area contributed by atoms with Gasteiger partial charge in [-0.3, -0.25) is 4.98 Å². The highest BCUT2D eigenvalue weighted by Crippen LogP contribution is 2.33. The van der Waals surface area contributed by atoms with Gasteiger partial charge in [-0.05, 0) is 54.1 Å². The van der Waals surface area contributed by atoms with Crippen LogP contribution in [0.15, 0.2) is 48.8 Å². The van der Waals surface area contributed by atoms with Crippen LogP contribution in [-0.2, 0) is 6.42 Å². The molecule has 0 amide bonds. The molecule has 4 rings (SSSR count). The van der Waals surface area contributed by atoms with Gasteiger partial charge in [0.05, 0.1) is 5.52 Å². The average Bonchev–Trinajstić information content (AvgIpc) is 2.61. The van der Waals surface area contributed by atoms with Gasteiger partial charge >= 0.3 is 0 Å². The Labute approximate surface area is 141 Å². The topological polar surface area (TPSA) is 38.7 Å². The zero-order valence-corrected chi connectivity index (χ0v) is 14.2. The monoisotopic (exact) mass is 313 g/mol.